The highest BCUT2D eigenvalue weighted by molar-refractivity contribution is 9.10. The Labute approximate surface area is 122 Å². The van der Waals surface area contributed by atoms with Crippen molar-refractivity contribution in [3.8, 4) is 0 Å². The van der Waals surface area contributed by atoms with Crippen molar-refractivity contribution in [1.29, 1.82) is 0 Å². The number of aromatic nitrogens is 1. The second-order valence-electron chi connectivity index (χ2n) is 4.09. The maximum atomic E-state index is 11.1. The highest BCUT2D eigenvalue weighted by atomic mass is 79.9. The lowest BCUT2D eigenvalue weighted by Gasteiger charge is -2.08. The van der Waals surface area contributed by atoms with Gasteiger partial charge < -0.3 is 5.11 Å². The van der Waals surface area contributed by atoms with Crippen LogP contribution in [0.5, 0.6) is 0 Å². The molecule has 0 aliphatic rings. The summed E-state index contributed by atoms with van der Waals surface area (Å²) in [6.45, 7) is 0. The smallest absolute Gasteiger partial charge is 0.354 e. The molecule has 19 heavy (non-hydrogen) atoms. The van der Waals surface area contributed by atoms with Gasteiger partial charge in [0.05, 0.1) is 10.5 Å². The fourth-order valence-electron chi connectivity index (χ4n) is 2.08. The summed E-state index contributed by atoms with van der Waals surface area (Å²) in [7, 11) is 0. The van der Waals surface area contributed by atoms with Gasteiger partial charge in [-0.1, -0.05) is 51.8 Å². The summed E-state index contributed by atoms with van der Waals surface area (Å²) >= 11 is 9.65. The molecular formula is C14H7BrClNO2. The predicted molar refractivity (Wildman–Crippen MR) is 78.9 cm³/mol. The fourth-order valence-corrected chi connectivity index (χ4v) is 2.90. The molecular weight excluding hydrogens is 330 g/mol. The van der Waals surface area contributed by atoms with E-state index < -0.39 is 5.97 Å². The molecule has 1 N–H and O–H groups in total. The molecule has 0 saturated heterocycles. The van der Waals surface area contributed by atoms with Gasteiger partial charge in [-0.2, -0.15) is 0 Å². The van der Waals surface area contributed by atoms with Gasteiger partial charge in [0.15, 0.2) is 0 Å². The average Bonchev–Trinajstić information content (AvgIpc) is 2.40. The number of benzene rings is 2. The van der Waals surface area contributed by atoms with Crippen LogP contribution in [-0.2, 0) is 0 Å². The minimum absolute atomic E-state index is 0.0509. The third-order valence-corrected chi connectivity index (χ3v) is 3.91. The summed E-state index contributed by atoms with van der Waals surface area (Å²) in [6.07, 6.45) is 0. The molecule has 0 aliphatic carbocycles. The molecule has 0 radical (unpaired) electrons. The van der Waals surface area contributed by atoms with Crippen molar-refractivity contribution in [2.24, 2.45) is 0 Å². The molecule has 0 atom stereocenters. The van der Waals surface area contributed by atoms with E-state index in [-0.39, 0.29) is 5.69 Å². The maximum absolute atomic E-state index is 11.1. The Morgan fingerprint density at radius 1 is 1.16 bits per heavy atom. The molecule has 3 aromatic rings. The topological polar surface area (TPSA) is 50.2 Å². The van der Waals surface area contributed by atoms with Gasteiger partial charge in [-0.25, -0.2) is 9.78 Å². The Morgan fingerprint density at radius 3 is 2.53 bits per heavy atom. The van der Waals surface area contributed by atoms with Crippen LogP contribution in [0.1, 0.15) is 10.5 Å². The lowest BCUT2D eigenvalue weighted by Crippen LogP contribution is -2.00. The van der Waals surface area contributed by atoms with Crippen LogP contribution in [0.15, 0.2) is 40.9 Å². The summed E-state index contributed by atoms with van der Waals surface area (Å²) in [6, 6.07) is 10.9. The second kappa shape index (κ2) is 4.47. The van der Waals surface area contributed by atoms with Crippen molar-refractivity contribution in [2.75, 3.05) is 0 Å². The Bertz CT molecular complexity index is 832. The molecule has 0 unspecified atom stereocenters. The van der Waals surface area contributed by atoms with Crippen molar-refractivity contribution < 1.29 is 9.90 Å². The molecule has 3 rings (SSSR count). The largest absolute Gasteiger partial charge is 0.477 e. The first-order valence-corrected chi connectivity index (χ1v) is 6.66. The van der Waals surface area contributed by atoms with Crippen molar-refractivity contribution in [3.05, 3.63) is 51.6 Å². The summed E-state index contributed by atoms with van der Waals surface area (Å²) in [5.74, 6) is -1.09. The number of fused-ring (bicyclic) bond motifs is 3. The zero-order valence-electron chi connectivity index (χ0n) is 9.52. The van der Waals surface area contributed by atoms with Gasteiger partial charge in [0.1, 0.15) is 5.69 Å². The van der Waals surface area contributed by atoms with E-state index in [0.717, 1.165) is 20.6 Å². The zero-order chi connectivity index (χ0) is 13.6. The van der Waals surface area contributed by atoms with E-state index in [1.54, 1.807) is 0 Å². The number of carboxylic acids is 1. The Kier molecular flexibility index (Phi) is 2.92. The molecule has 0 fully saturated rings. The quantitative estimate of drug-likeness (QED) is 0.666. The molecule has 3 nitrogen and oxygen atoms in total. The number of carboxylic acid groups (broad SMARTS) is 1. The lowest BCUT2D eigenvalue weighted by molar-refractivity contribution is 0.0691. The number of hydrogen-bond donors (Lipinski definition) is 1. The van der Waals surface area contributed by atoms with E-state index in [4.69, 9.17) is 16.7 Å². The van der Waals surface area contributed by atoms with Crippen molar-refractivity contribution in [1.82, 2.24) is 4.98 Å². The highest BCUT2D eigenvalue weighted by Gasteiger charge is 2.13. The SMILES string of the molecule is O=C(O)c1cc(Cl)c2cc(Br)c3ccccc3c2n1. The predicted octanol–water partition coefficient (Wildman–Crippen LogP) is 4.50. The van der Waals surface area contributed by atoms with Crippen LogP contribution in [-0.4, -0.2) is 16.1 Å². The van der Waals surface area contributed by atoms with Crippen LogP contribution in [0.25, 0.3) is 21.7 Å². The van der Waals surface area contributed by atoms with Crippen molar-refractivity contribution >= 4 is 55.2 Å². The van der Waals surface area contributed by atoms with Gasteiger partial charge in [-0.3, -0.25) is 0 Å². The van der Waals surface area contributed by atoms with Crippen LogP contribution in [0.4, 0.5) is 0 Å². The van der Waals surface area contributed by atoms with Crippen molar-refractivity contribution in [3.63, 3.8) is 0 Å². The summed E-state index contributed by atoms with van der Waals surface area (Å²) in [5.41, 5.74) is 0.550. The van der Waals surface area contributed by atoms with Crippen LogP contribution in [0, 0.1) is 0 Å². The van der Waals surface area contributed by atoms with Gasteiger partial charge in [0, 0.05) is 15.2 Å². The van der Waals surface area contributed by atoms with Gasteiger partial charge in [-0.05, 0) is 17.5 Å². The Hall–Kier alpha value is -1.65. The van der Waals surface area contributed by atoms with Crippen LogP contribution in [0.2, 0.25) is 5.02 Å². The molecule has 0 saturated carbocycles. The van der Waals surface area contributed by atoms with E-state index in [9.17, 15) is 4.79 Å². The fraction of sp³-hybridized carbons (Fsp3) is 0. The minimum Gasteiger partial charge on any atom is -0.477 e. The lowest BCUT2D eigenvalue weighted by atomic mass is 10.1. The average molecular weight is 337 g/mol. The monoisotopic (exact) mass is 335 g/mol. The van der Waals surface area contributed by atoms with E-state index >= 15 is 0 Å². The number of aromatic carboxylic acids is 1. The van der Waals surface area contributed by atoms with Crippen molar-refractivity contribution in [2.45, 2.75) is 0 Å². The normalized spacial score (nSPS) is 11.1. The Balaban J connectivity index is 2.56. The molecule has 1 heterocycles. The van der Waals surface area contributed by atoms with Crippen LogP contribution < -0.4 is 0 Å². The number of hydrogen-bond acceptors (Lipinski definition) is 2. The maximum Gasteiger partial charge on any atom is 0.354 e. The number of rotatable bonds is 1. The number of pyridine rings is 1. The number of nitrogens with zero attached hydrogens (tertiary/aromatic N) is 1. The zero-order valence-corrected chi connectivity index (χ0v) is 11.9. The molecule has 2 aromatic carbocycles. The summed E-state index contributed by atoms with van der Waals surface area (Å²) in [4.78, 5) is 15.3. The van der Waals surface area contributed by atoms with Crippen LogP contribution >= 0.6 is 27.5 Å². The first-order valence-electron chi connectivity index (χ1n) is 5.48. The summed E-state index contributed by atoms with van der Waals surface area (Å²) < 4.78 is 0.905. The number of halogens is 2. The minimum atomic E-state index is -1.09. The van der Waals surface area contributed by atoms with Gasteiger partial charge >= 0.3 is 5.97 Å². The molecule has 0 spiro atoms. The van der Waals surface area contributed by atoms with Gasteiger partial charge in [0.25, 0.3) is 0 Å². The molecule has 5 heteroatoms. The third-order valence-electron chi connectivity index (χ3n) is 2.94. The highest BCUT2D eigenvalue weighted by Crippen LogP contribution is 2.34. The molecule has 0 aliphatic heterocycles. The van der Waals surface area contributed by atoms with E-state index in [1.807, 2.05) is 30.3 Å². The van der Waals surface area contributed by atoms with E-state index in [0.29, 0.717) is 10.5 Å². The first kappa shape index (κ1) is 12.4. The van der Waals surface area contributed by atoms with E-state index in [1.165, 1.54) is 6.07 Å². The Morgan fingerprint density at radius 2 is 1.84 bits per heavy atom. The summed E-state index contributed by atoms with van der Waals surface area (Å²) in [5, 5.41) is 12.0. The third kappa shape index (κ3) is 1.97. The van der Waals surface area contributed by atoms with E-state index in [2.05, 4.69) is 20.9 Å². The molecule has 94 valence electrons. The molecule has 0 bridgehead atoms. The second-order valence-corrected chi connectivity index (χ2v) is 5.36. The molecule has 0 amide bonds. The van der Waals surface area contributed by atoms with Gasteiger partial charge in [0.2, 0.25) is 0 Å². The standard InChI is InChI=1S/C14H7BrClNO2/c15-10-5-9-11(16)6-12(14(18)19)17-13(9)8-4-2-1-3-7(8)10/h1-6H,(H,18,19). The first-order chi connectivity index (χ1) is 9.08. The van der Waals surface area contributed by atoms with Crippen LogP contribution in [0.3, 0.4) is 0 Å². The number of carbonyl (C=O) groups is 1. The van der Waals surface area contributed by atoms with Gasteiger partial charge in [-0.15, -0.1) is 0 Å². The molecule has 1 aromatic heterocycles.